The van der Waals surface area contributed by atoms with Crippen LogP contribution in [0.3, 0.4) is 0 Å². The maximum atomic E-state index is 13.6. The minimum absolute atomic E-state index is 0.141. The van der Waals surface area contributed by atoms with E-state index < -0.39 is 0 Å². The molecule has 0 bridgehead atoms. The number of imidazole rings is 1. The number of hydrogen-bond acceptors (Lipinski definition) is 3. The molecule has 5 heteroatoms. The highest BCUT2D eigenvalue weighted by Gasteiger charge is 2.39. The second-order valence-electron chi connectivity index (χ2n) is 9.50. The number of methoxy groups -OCH3 is 1. The van der Waals surface area contributed by atoms with Crippen molar-refractivity contribution in [3.05, 3.63) is 94.8 Å². The van der Waals surface area contributed by atoms with Crippen molar-refractivity contribution < 1.29 is 9.53 Å². The lowest BCUT2D eigenvalue weighted by Crippen LogP contribution is -2.49. The fraction of sp³-hybridized carbons (Fsp3) is 0.310. The van der Waals surface area contributed by atoms with Crippen LogP contribution in [0.5, 0.6) is 5.75 Å². The predicted octanol–water partition coefficient (Wildman–Crippen LogP) is 5.50. The van der Waals surface area contributed by atoms with Crippen molar-refractivity contribution in [1.82, 2.24) is 14.9 Å². The number of piperidine rings is 1. The molecule has 1 aromatic heterocycles. The zero-order valence-electron chi connectivity index (χ0n) is 19.5. The average molecular weight is 452 g/mol. The molecule has 0 radical (unpaired) electrons. The number of nitrogens with zero attached hydrogens (tertiary/aromatic N) is 2. The SMILES string of the molecule is COc1ccc(Cc2cccc3c2[C@H]2CCCN(C(=O)c4ccc5nc[nH]c5c4)[C@H]2CC3)cc1. The first-order valence-corrected chi connectivity index (χ1v) is 12.2. The van der Waals surface area contributed by atoms with Crippen molar-refractivity contribution in [3.63, 3.8) is 0 Å². The summed E-state index contributed by atoms with van der Waals surface area (Å²) in [5, 5.41) is 0. The molecular formula is C29H29N3O2. The van der Waals surface area contributed by atoms with E-state index in [0.717, 1.165) is 61.0 Å². The molecule has 2 heterocycles. The second kappa shape index (κ2) is 8.64. The second-order valence-corrected chi connectivity index (χ2v) is 9.50. The van der Waals surface area contributed by atoms with Crippen molar-refractivity contribution >= 4 is 16.9 Å². The van der Waals surface area contributed by atoms with Gasteiger partial charge in [-0.2, -0.15) is 0 Å². The molecular weight excluding hydrogens is 422 g/mol. The molecule has 5 nitrogen and oxygen atoms in total. The van der Waals surface area contributed by atoms with Crippen LogP contribution in [0.25, 0.3) is 11.0 Å². The number of aryl methyl sites for hydroxylation is 1. The van der Waals surface area contributed by atoms with Crippen LogP contribution in [-0.2, 0) is 12.8 Å². The molecule has 3 aromatic carbocycles. The highest BCUT2D eigenvalue weighted by Crippen LogP contribution is 2.43. The maximum Gasteiger partial charge on any atom is 0.254 e. The lowest BCUT2D eigenvalue weighted by Gasteiger charge is -2.45. The molecule has 172 valence electrons. The number of rotatable bonds is 4. The van der Waals surface area contributed by atoms with E-state index in [4.69, 9.17) is 4.74 Å². The summed E-state index contributed by atoms with van der Waals surface area (Å²) in [6.07, 6.45) is 6.81. The number of aromatic amines is 1. The van der Waals surface area contributed by atoms with Gasteiger partial charge in [-0.25, -0.2) is 4.98 Å². The summed E-state index contributed by atoms with van der Waals surface area (Å²) in [5.74, 6) is 1.42. The zero-order chi connectivity index (χ0) is 23.1. The number of amides is 1. The van der Waals surface area contributed by atoms with Crippen molar-refractivity contribution in [1.29, 1.82) is 0 Å². The number of aromatic nitrogens is 2. The van der Waals surface area contributed by atoms with Crippen LogP contribution < -0.4 is 4.74 Å². The molecule has 34 heavy (non-hydrogen) atoms. The minimum atomic E-state index is 0.141. The number of carbonyl (C=O) groups is 1. The van der Waals surface area contributed by atoms with E-state index in [1.165, 1.54) is 22.3 Å². The van der Waals surface area contributed by atoms with Crippen LogP contribution in [-0.4, -0.2) is 40.5 Å². The molecule has 1 fully saturated rings. The van der Waals surface area contributed by atoms with Crippen LogP contribution >= 0.6 is 0 Å². The van der Waals surface area contributed by atoms with Crippen molar-refractivity contribution in [2.45, 2.75) is 44.1 Å². The highest BCUT2D eigenvalue weighted by atomic mass is 16.5. The van der Waals surface area contributed by atoms with Gasteiger partial charge in [0, 0.05) is 24.1 Å². The summed E-state index contributed by atoms with van der Waals surface area (Å²) in [4.78, 5) is 23.2. The summed E-state index contributed by atoms with van der Waals surface area (Å²) < 4.78 is 5.33. The van der Waals surface area contributed by atoms with E-state index in [-0.39, 0.29) is 11.9 Å². The molecule has 1 N–H and O–H groups in total. The number of hydrogen-bond donors (Lipinski definition) is 1. The Bertz CT molecular complexity index is 1340. The highest BCUT2D eigenvalue weighted by molar-refractivity contribution is 5.97. The lowest BCUT2D eigenvalue weighted by atomic mass is 9.72. The summed E-state index contributed by atoms with van der Waals surface area (Å²) in [6.45, 7) is 0.830. The van der Waals surface area contributed by atoms with Crippen LogP contribution in [0.1, 0.15) is 57.8 Å². The Balaban J connectivity index is 1.31. The Labute approximate surface area is 199 Å². The normalized spacial score (nSPS) is 19.5. The van der Waals surface area contributed by atoms with Gasteiger partial charge in [0.2, 0.25) is 0 Å². The molecule has 2 aliphatic rings. The van der Waals surface area contributed by atoms with Gasteiger partial charge in [0.25, 0.3) is 5.91 Å². The van der Waals surface area contributed by atoms with E-state index in [1.807, 2.05) is 30.3 Å². The minimum Gasteiger partial charge on any atom is -0.497 e. The fourth-order valence-corrected chi connectivity index (χ4v) is 6.02. The zero-order valence-corrected chi connectivity index (χ0v) is 19.5. The van der Waals surface area contributed by atoms with E-state index in [1.54, 1.807) is 13.4 Å². The Hall–Kier alpha value is -3.60. The number of fused-ring (bicyclic) bond motifs is 4. The van der Waals surface area contributed by atoms with E-state index in [0.29, 0.717) is 5.92 Å². The van der Waals surface area contributed by atoms with Crippen LogP contribution in [0, 0.1) is 0 Å². The number of H-pyrrole nitrogens is 1. The summed E-state index contributed by atoms with van der Waals surface area (Å²) in [6, 6.07) is 21.2. The van der Waals surface area contributed by atoms with Crippen molar-refractivity contribution in [2.75, 3.05) is 13.7 Å². The molecule has 2 atom stereocenters. The first-order valence-electron chi connectivity index (χ1n) is 12.2. The number of benzene rings is 3. The summed E-state index contributed by atoms with van der Waals surface area (Å²) >= 11 is 0. The van der Waals surface area contributed by atoms with Crippen molar-refractivity contribution in [3.8, 4) is 5.75 Å². The van der Waals surface area contributed by atoms with Gasteiger partial charge in [0.15, 0.2) is 0 Å². The van der Waals surface area contributed by atoms with Gasteiger partial charge in [-0.1, -0.05) is 30.3 Å². The molecule has 0 saturated carbocycles. The van der Waals surface area contributed by atoms with Crippen molar-refractivity contribution in [2.24, 2.45) is 0 Å². The van der Waals surface area contributed by atoms with Crippen LogP contribution in [0.15, 0.2) is 67.0 Å². The van der Waals surface area contributed by atoms with Gasteiger partial charge in [-0.3, -0.25) is 4.79 Å². The summed E-state index contributed by atoms with van der Waals surface area (Å²) in [7, 11) is 1.70. The Kier molecular flexibility index (Phi) is 5.33. The smallest absolute Gasteiger partial charge is 0.254 e. The lowest BCUT2D eigenvalue weighted by molar-refractivity contribution is 0.0546. The topological polar surface area (TPSA) is 58.2 Å². The fourth-order valence-electron chi connectivity index (χ4n) is 6.02. The van der Waals surface area contributed by atoms with E-state index >= 15 is 0 Å². The predicted molar refractivity (Wildman–Crippen MR) is 133 cm³/mol. The van der Waals surface area contributed by atoms with Gasteiger partial charge >= 0.3 is 0 Å². The van der Waals surface area contributed by atoms with E-state index in [2.05, 4.69) is 45.2 Å². The van der Waals surface area contributed by atoms with Gasteiger partial charge in [0.05, 0.1) is 24.5 Å². The number of carbonyl (C=O) groups excluding carboxylic acids is 1. The largest absolute Gasteiger partial charge is 0.497 e. The molecule has 0 spiro atoms. The Morgan fingerprint density at radius 1 is 1.12 bits per heavy atom. The third-order valence-corrected chi connectivity index (χ3v) is 7.63. The van der Waals surface area contributed by atoms with Gasteiger partial charge < -0.3 is 14.6 Å². The van der Waals surface area contributed by atoms with E-state index in [9.17, 15) is 4.79 Å². The average Bonchev–Trinajstić information content (AvgIpc) is 3.36. The quantitative estimate of drug-likeness (QED) is 0.446. The number of nitrogens with one attached hydrogen (secondary N) is 1. The Morgan fingerprint density at radius 3 is 2.85 bits per heavy atom. The standard InChI is InChI=1S/C29H29N3O2/c1-34-23-11-7-19(8-12-23)16-21-5-2-4-20-10-14-27-24(28(20)21)6-3-15-32(27)29(33)22-9-13-25-26(17-22)31-18-30-25/h2,4-5,7-9,11-13,17-18,24,27H,3,6,10,14-16H2,1H3,(H,30,31)/t24-,27-/m0/s1. The number of ether oxygens (including phenoxy) is 1. The third-order valence-electron chi connectivity index (χ3n) is 7.63. The molecule has 4 aromatic rings. The first-order chi connectivity index (χ1) is 16.7. The summed E-state index contributed by atoms with van der Waals surface area (Å²) in [5.41, 5.74) is 8.17. The molecule has 1 aliphatic heterocycles. The van der Waals surface area contributed by atoms with Gasteiger partial charge in [-0.15, -0.1) is 0 Å². The van der Waals surface area contributed by atoms with Gasteiger partial charge in [-0.05, 0) is 84.7 Å². The molecule has 6 rings (SSSR count). The monoisotopic (exact) mass is 451 g/mol. The van der Waals surface area contributed by atoms with Crippen LogP contribution in [0.2, 0.25) is 0 Å². The molecule has 1 saturated heterocycles. The molecule has 0 unspecified atom stereocenters. The third kappa shape index (κ3) is 3.65. The first kappa shape index (κ1) is 21.0. The van der Waals surface area contributed by atoms with Gasteiger partial charge in [0.1, 0.15) is 5.75 Å². The number of likely N-dealkylation sites (tertiary alicyclic amines) is 1. The Morgan fingerprint density at radius 2 is 2.00 bits per heavy atom. The maximum absolute atomic E-state index is 13.6. The van der Waals surface area contributed by atoms with Crippen LogP contribution in [0.4, 0.5) is 0 Å². The molecule has 1 aliphatic carbocycles. The molecule has 1 amide bonds.